The van der Waals surface area contributed by atoms with Crippen molar-refractivity contribution in [2.24, 2.45) is 0 Å². The van der Waals surface area contributed by atoms with Gasteiger partial charge in [0.15, 0.2) is 0 Å². The second kappa shape index (κ2) is 7.62. The molecule has 0 saturated carbocycles. The fourth-order valence-electron chi connectivity index (χ4n) is 4.66. The van der Waals surface area contributed by atoms with Gasteiger partial charge in [-0.2, -0.15) is 0 Å². The van der Waals surface area contributed by atoms with Crippen molar-refractivity contribution in [2.45, 2.75) is 25.1 Å². The molecule has 0 bridgehead atoms. The number of allylic oxidation sites excluding steroid dienone is 2. The van der Waals surface area contributed by atoms with Crippen LogP contribution in [0.1, 0.15) is 27.8 Å². The van der Waals surface area contributed by atoms with Gasteiger partial charge in [0.25, 0.3) is 0 Å². The first-order chi connectivity index (χ1) is 14.6. The molecule has 2 aliphatic rings. The summed E-state index contributed by atoms with van der Waals surface area (Å²) in [6.45, 7) is 4.93. The lowest BCUT2D eigenvalue weighted by Gasteiger charge is -2.28. The number of aromatic amines is 1. The molecule has 1 N–H and O–H groups in total. The second-order valence-electron chi connectivity index (χ2n) is 8.76. The van der Waals surface area contributed by atoms with Gasteiger partial charge in [-0.3, -0.25) is 0 Å². The molecule has 1 aromatic heterocycles. The number of aromatic nitrogens is 1. The number of rotatable bonds is 2. The first kappa shape index (κ1) is 18.9. The van der Waals surface area contributed by atoms with Crippen LogP contribution in [-0.2, 0) is 6.42 Å². The summed E-state index contributed by atoms with van der Waals surface area (Å²) < 4.78 is 0. The van der Waals surface area contributed by atoms with Crippen molar-refractivity contribution in [3.8, 4) is 0 Å². The molecule has 1 unspecified atom stereocenters. The van der Waals surface area contributed by atoms with Crippen molar-refractivity contribution < 1.29 is 0 Å². The Morgan fingerprint density at radius 1 is 0.800 bits per heavy atom. The zero-order chi connectivity index (χ0) is 20.6. The van der Waals surface area contributed by atoms with E-state index in [1.54, 1.807) is 0 Å². The molecular weight excluding hydrogens is 378 g/mol. The highest BCUT2D eigenvalue weighted by molar-refractivity contribution is 6.91. The Balaban J connectivity index is 0.000000178. The smallest absolute Gasteiger partial charge is 0.112 e. The molecule has 0 fully saturated rings. The fraction of sp³-hybridized carbons (Fsp3) is 0.143. The van der Waals surface area contributed by atoms with Gasteiger partial charge in [-0.25, -0.2) is 0 Å². The van der Waals surface area contributed by atoms with Crippen LogP contribution in [0.3, 0.4) is 0 Å². The summed E-state index contributed by atoms with van der Waals surface area (Å²) in [6, 6.07) is 28.2. The first-order valence-electron chi connectivity index (χ1n) is 10.7. The van der Waals surface area contributed by atoms with E-state index in [-0.39, 0.29) is 0 Å². The van der Waals surface area contributed by atoms with Gasteiger partial charge < -0.3 is 4.98 Å². The number of H-pyrrole nitrogens is 1. The molecule has 0 saturated heterocycles. The predicted molar refractivity (Wildman–Crippen MR) is 133 cm³/mol. The maximum Gasteiger partial charge on any atom is 0.112 e. The van der Waals surface area contributed by atoms with Gasteiger partial charge in [0, 0.05) is 16.4 Å². The molecule has 2 heteroatoms. The highest BCUT2D eigenvalue weighted by atomic mass is 28.3. The average Bonchev–Trinajstić information content (AvgIpc) is 3.51. The standard InChI is InChI=1S/C19H19NSi.C9H8/c1-21(2,18-12-11-14-7-3-5-9-16(14)18)19-13-15-8-4-6-10-17(15)20-19;1-2-5-9-7-3-6-8(9)4-1/h3-13,18,20H,1-2H3;1-6H,7H2. The number of hydrogen-bond acceptors (Lipinski definition) is 0. The lowest BCUT2D eigenvalue weighted by atomic mass is 10.1. The summed E-state index contributed by atoms with van der Waals surface area (Å²) in [5.74, 6) is 0. The Kier molecular flexibility index (Phi) is 4.80. The molecule has 0 radical (unpaired) electrons. The molecule has 0 aliphatic heterocycles. The minimum Gasteiger partial charge on any atom is -0.362 e. The molecule has 1 atom stereocenters. The Hall–Kier alpha value is -3.10. The minimum atomic E-state index is -1.62. The average molecular weight is 406 g/mol. The molecule has 3 aromatic carbocycles. The Bertz CT molecular complexity index is 1230. The minimum absolute atomic E-state index is 0.557. The van der Waals surface area contributed by atoms with Gasteiger partial charge in [-0.15, -0.1) is 0 Å². The topological polar surface area (TPSA) is 15.8 Å². The summed E-state index contributed by atoms with van der Waals surface area (Å²) in [5, 5.41) is 2.76. The van der Waals surface area contributed by atoms with Crippen molar-refractivity contribution in [3.05, 3.63) is 113 Å². The maximum absolute atomic E-state index is 3.67. The van der Waals surface area contributed by atoms with Crippen molar-refractivity contribution in [1.29, 1.82) is 0 Å². The van der Waals surface area contributed by atoms with E-state index < -0.39 is 8.07 Å². The highest BCUT2D eigenvalue weighted by Gasteiger charge is 2.37. The largest absolute Gasteiger partial charge is 0.362 e. The van der Waals surface area contributed by atoms with Crippen LogP contribution in [0.15, 0.2) is 91.0 Å². The van der Waals surface area contributed by atoms with Gasteiger partial charge in [-0.05, 0) is 46.2 Å². The van der Waals surface area contributed by atoms with Crippen LogP contribution in [0, 0.1) is 0 Å². The normalized spacial score (nSPS) is 16.3. The number of nitrogens with one attached hydrogen (secondary N) is 1. The summed E-state index contributed by atoms with van der Waals surface area (Å²) in [6.07, 6.45) is 10.2. The van der Waals surface area contributed by atoms with Crippen molar-refractivity contribution >= 4 is 36.4 Å². The molecule has 148 valence electrons. The van der Waals surface area contributed by atoms with Gasteiger partial charge in [0.1, 0.15) is 8.07 Å². The van der Waals surface area contributed by atoms with E-state index in [0.717, 1.165) is 6.42 Å². The zero-order valence-corrected chi connectivity index (χ0v) is 18.6. The number of hydrogen-bond donors (Lipinski definition) is 1. The SMILES string of the molecule is C1=Cc2ccccc2C1.C[Si](C)(c1cc2ccccc2[nH]1)C1C=Cc2ccccc21. The number of benzene rings is 3. The molecule has 30 heavy (non-hydrogen) atoms. The Labute approximate surface area is 179 Å². The summed E-state index contributed by atoms with van der Waals surface area (Å²) in [5.41, 5.74) is 7.53. The predicted octanol–water partition coefficient (Wildman–Crippen LogP) is 6.69. The van der Waals surface area contributed by atoms with Crippen LogP contribution >= 0.6 is 0 Å². The number of fused-ring (bicyclic) bond motifs is 3. The molecule has 0 amide bonds. The van der Waals surface area contributed by atoms with Crippen LogP contribution in [0.5, 0.6) is 0 Å². The molecule has 6 rings (SSSR count). The van der Waals surface area contributed by atoms with Crippen LogP contribution < -0.4 is 5.32 Å². The van der Waals surface area contributed by atoms with Gasteiger partial charge in [0.05, 0.1) is 0 Å². The first-order valence-corrected chi connectivity index (χ1v) is 13.8. The molecule has 1 nitrogen and oxygen atoms in total. The summed E-state index contributed by atoms with van der Waals surface area (Å²) in [4.78, 5) is 3.67. The molecular formula is C28H27NSi. The summed E-state index contributed by atoms with van der Waals surface area (Å²) >= 11 is 0. The lowest BCUT2D eigenvalue weighted by molar-refractivity contribution is 1.17. The third-order valence-corrected chi connectivity index (χ3v) is 10.2. The van der Waals surface area contributed by atoms with E-state index in [2.05, 4.69) is 121 Å². The van der Waals surface area contributed by atoms with Crippen LogP contribution in [-0.4, -0.2) is 13.1 Å². The van der Waals surface area contributed by atoms with Crippen molar-refractivity contribution in [3.63, 3.8) is 0 Å². The lowest BCUT2D eigenvalue weighted by Crippen LogP contribution is -2.47. The Morgan fingerprint density at radius 2 is 1.53 bits per heavy atom. The van der Waals surface area contributed by atoms with E-state index in [1.165, 1.54) is 38.5 Å². The van der Waals surface area contributed by atoms with E-state index in [9.17, 15) is 0 Å². The quantitative estimate of drug-likeness (QED) is 0.358. The van der Waals surface area contributed by atoms with Crippen LogP contribution in [0.25, 0.3) is 23.1 Å². The maximum atomic E-state index is 3.67. The Morgan fingerprint density at radius 3 is 2.37 bits per heavy atom. The van der Waals surface area contributed by atoms with Crippen molar-refractivity contribution in [2.75, 3.05) is 0 Å². The van der Waals surface area contributed by atoms with E-state index >= 15 is 0 Å². The van der Waals surface area contributed by atoms with E-state index in [4.69, 9.17) is 0 Å². The van der Waals surface area contributed by atoms with Gasteiger partial charge in [0.2, 0.25) is 0 Å². The third-order valence-electron chi connectivity index (χ3n) is 6.49. The van der Waals surface area contributed by atoms with E-state index in [1.807, 2.05) is 0 Å². The van der Waals surface area contributed by atoms with Gasteiger partial charge >= 0.3 is 0 Å². The summed E-state index contributed by atoms with van der Waals surface area (Å²) in [7, 11) is -1.62. The molecule has 4 aromatic rings. The third kappa shape index (κ3) is 3.38. The molecule has 2 aliphatic carbocycles. The highest BCUT2D eigenvalue weighted by Crippen LogP contribution is 2.36. The monoisotopic (exact) mass is 405 g/mol. The van der Waals surface area contributed by atoms with E-state index in [0.29, 0.717) is 5.54 Å². The molecule has 0 spiro atoms. The van der Waals surface area contributed by atoms with Crippen molar-refractivity contribution in [1.82, 2.24) is 4.98 Å². The second-order valence-corrected chi connectivity index (χ2v) is 13.4. The number of para-hydroxylation sites is 1. The van der Waals surface area contributed by atoms with Crippen LogP contribution in [0.4, 0.5) is 0 Å². The molecule has 1 heterocycles. The van der Waals surface area contributed by atoms with Crippen LogP contribution in [0.2, 0.25) is 13.1 Å². The zero-order valence-electron chi connectivity index (χ0n) is 17.6. The fourth-order valence-corrected chi connectivity index (χ4v) is 7.60. The van der Waals surface area contributed by atoms with Gasteiger partial charge in [-0.1, -0.05) is 104 Å².